The molecule has 0 spiro atoms. The number of benzene rings is 2. The number of para-hydroxylation sites is 1. The number of rotatable bonds is 4. The highest BCUT2D eigenvalue weighted by Gasteiger charge is 2.13. The SMILES string of the molecule is CCOC(=O)c1ccccc1NC(=O)Nc1ccc(C)c(C)c1. The second-order valence-electron chi connectivity index (χ2n) is 5.14. The molecule has 0 atom stereocenters. The van der Waals surface area contributed by atoms with Gasteiger partial charge in [0.25, 0.3) is 0 Å². The fraction of sp³-hybridized carbons (Fsp3) is 0.222. The summed E-state index contributed by atoms with van der Waals surface area (Å²) in [6.45, 7) is 6.01. The molecular formula is C18H20N2O3. The molecule has 2 N–H and O–H groups in total. The average molecular weight is 312 g/mol. The van der Waals surface area contributed by atoms with E-state index in [1.165, 1.54) is 0 Å². The predicted octanol–water partition coefficient (Wildman–Crippen LogP) is 4.12. The highest BCUT2D eigenvalue weighted by Crippen LogP contribution is 2.18. The van der Waals surface area contributed by atoms with Crippen LogP contribution >= 0.6 is 0 Å². The number of hydrogen-bond donors (Lipinski definition) is 2. The van der Waals surface area contributed by atoms with Crippen molar-refractivity contribution in [3.8, 4) is 0 Å². The largest absolute Gasteiger partial charge is 0.462 e. The second kappa shape index (κ2) is 7.45. The number of carbonyl (C=O) groups excluding carboxylic acids is 2. The Morgan fingerprint density at radius 1 is 1.00 bits per heavy atom. The minimum atomic E-state index is -0.463. The Labute approximate surface area is 135 Å². The van der Waals surface area contributed by atoms with E-state index < -0.39 is 12.0 Å². The number of ether oxygens (including phenoxy) is 1. The lowest BCUT2D eigenvalue weighted by molar-refractivity contribution is 0.0527. The first-order valence-corrected chi connectivity index (χ1v) is 7.42. The number of esters is 1. The monoisotopic (exact) mass is 312 g/mol. The van der Waals surface area contributed by atoms with Crippen molar-refractivity contribution in [3.05, 3.63) is 59.2 Å². The minimum absolute atomic E-state index is 0.280. The quantitative estimate of drug-likeness (QED) is 0.834. The van der Waals surface area contributed by atoms with E-state index >= 15 is 0 Å². The second-order valence-corrected chi connectivity index (χ2v) is 5.14. The third kappa shape index (κ3) is 4.32. The average Bonchev–Trinajstić information content (AvgIpc) is 2.51. The van der Waals surface area contributed by atoms with Crippen molar-refractivity contribution in [2.75, 3.05) is 17.2 Å². The Hall–Kier alpha value is -2.82. The number of nitrogens with one attached hydrogen (secondary N) is 2. The molecule has 0 radical (unpaired) electrons. The van der Waals surface area contributed by atoms with Crippen LogP contribution in [0.25, 0.3) is 0 Å². The van der Waals surface area contributed by atoms with Gasteiger partial charge in [-0.15, -0.1) is 0 Å². The molecular weight excluding hydrogens is 292 g/mol. The summed E-state index contributed by atoms with van der Waals surface area (Å²) in [7, 11) is 0. The molecule has 0 saturated carbocycles. The first-order chi connectivity index (χ1) is 11.0. The van der Waals surface area contributed by atoms with Gasteiger partial charge in [0.1, 0.15) is 0 Å². The number of amides is 2. The molecule has 2 rings (SSSR count). The third-order valence-electron chi connectivity index (χ3n) is 3.44. The summed E-state index contributed by atoms with van der Waals surface area (Å²) in [5.41, 5.74) is 3.68. The van der Waals surface area contributed by atoms with Crippen molar-refractivity contribution in [1.82, 2.24) is 0 Å². The predicted molar refractivity (Wildman–Crippen MR) is 91.0 cm³/mol. The Balaban J connectivity index is 2.11. The molecule has 0 saturated heterocycles. The van der Waals surface area contributed by atoms with Crippen molar-refractivity contribution in [1.29, 1.82) is 0 Å². The molecule has 0 unspecified atom stereocenters. The molecule has 120 valence electrons. The molecule has 23 heavy (non-hydrogen) atoms. The molecule has 2 aromatic rings. The summed E-state index contributed by atoms with van der Waals surface area (Å²) >= 11 is 0. The third-order valence-corrected chi connectivity index (χ3v) is 3.44. The lowest BCUT2D eigenvalue weighted by atomic mass is 10.1. The van der Waals surface area contributed by atoms with Gasteiger partial charge in [-0.3, -0.25) is 0 Å². The normalized spacial score (nSPS) is 10.0. The van der Waals surface area contributed by atoms with Crippen molar-refractivity contribution < 1.29 is 14.3 Å². The van der Waals surface area contributed by atoms with Crippen LogP contribution in [0.15, 0.2) is 42.5 Å². The van der Waals surface area contributed by atoms with Crippen LogP contribution < -0.4 is 10.6 Å². The lowest BCUT2D eigenvalue weighted by Crippen LogP contribution is -2.21. The molecule has 0 aliphatic rings. The fourth-order valence-electron chi connectivity index (χ4n) is 2.08. The van der Waals surface area contributed by atoms with Gasteiger partial charge in [0.15, 0.2) is 0 Å². The fourth-order valence-corrected chi connectivity index (χ4v) is 2.08. The maximum Gasteiger partial charge on any atom is 0.340 e. The first-order valence-electron chi connectivity index (χ1n) is 7.42. The van der Waals surface area contributed by atoms with Crippen LogP contribution in [-0.2, 0) is 4.74 Å². The van der Waals surface area contributed by atoms with Crippen molar-refractivity contribution in [2.24, 2.45) is 0 Å². The van der Waals surface area contributed by atoms with Gasteiger partial charge >= 0.3 is 12.0 Å². The summed E-state index contributed by atoms with van der Waals surface area (Å²) < 4.78 is 4.99. The van der Waals surface area contributed by atoms with E-state index in [9.17, 15) is 9.59 Å². The summed E-state index contributed by atoms with van der Waals surface area (Å²) in [5.74, 6) is -0.463. The zero-order chi connectivity index (χ0) is 16.8. The van der Waals surface area contributed by atoms with Crippen molar-refractivity contribution in [3.63, 3.8) is 0 Å². The highest BCUT2D eigenvalue weighted by molar-refractivity contribution is 6.05. The maximum atomic E-state index is 12.1. The molecule has 0 aromatic heterocycles. The Bertz CT molecular complexity index is 726. The molecule has 5 heteroatoms. The first kappa shape index (κ1) is 16.5. The van der Waals surface area contributed by atoms with Crippen LogP contribution in [0, 0.1) is 13.8 Å². The topological polar surface area (TPSA) is 67.4 Å². The van der Waals surface area contributed by atoms with Crippen LogP contribution in [-0.4, -0.2) is 18.6 Å². The Morgan fingerprint density at radius 3 is 2.43 bits per heavy atom. The molecule has 5 nitrogen and oxygen atoms in total. The molecule has 0 fully saturated rings. The lowest BCUT2D eigenvalue weighted by Gasteiger charge is -2.12. The Kier molecular flexibility index (Phi) is 5.36. The van der Waals surface area contributed by atoms with Crippen LogP contribution in [0.2, 0.25) is 0 Å². The molecule has 0 heterocycles. The van der Waals surface area contributed by atoms with E-state index in [4.69, 9.17) is 4.74 Å². The molecule has 2 amide bonds. The van der Waals surface area contributed by atoms with Crippen LogP contribution in [0.1, 0.15) is 28.4 Å². The summed E-state index contributed by atoms with van der Waals surface area (Å²) in [4.78, 5) is 24.0. The molecule has 0 aliphatic carbocycles. The standard InChI is InChI=1S/C18H20N2O3/c1-4-23-17(21)15-7-5-6-8-16(15)20-18(22)19-14-10-9-12(2)13(3)11-14/h5-11H,4H2,1-3H3,(H2,19,20,22). The van der Waals surface area contributed by atoms with Crippen molar-refractivity contribution >= 4 is 23.4 Å². The number of anilines is 2. The molecule has 0 bridgehead atoms. The zero-order valence-electron chi connectivity index (χ0n) is 13.5. The van der Waals surface area contributed by atoms with Crippen molar-refractivity contribution in [2.45, 2.75) is 20.8 Å². The van der Waals surface area contributed by atoms with Crippen LogP contribution in [0.4, 0.5) is 16.2 Å². The van der Waals surface area contributed by atoms with Gasteiger partial charge < -0.3 is 15.4 Å². The summed E-state index contributed by atoms with van der Waals surface area (Å²) in [5, 5.41) is 5.44. The smallest absolute Gasteiger partial charge is 0.340 e. The van der Waals surface area contributed by atoms with E-state index in [2.05, 4.69) is 10.6 Å². The van der Waals surface area contributed by atoms with E-state index in [1.54, 1.807) is 31.2 Å². The number of hydrogen-bond acceptors (Lipinski definition) is 3. The van der Waals surface area contributed by atoms with E-state index in [1.807, 2.05) is 32.0 Å². The van der Waals surface area contributed by atoms with E-state index in [0.717, 1.165) is 11.1 Å². The van der Waals surface area contributed by atoms with Gasteiger partial charge in [-0.25, -0.2) is 9.59 Å². The van der Waals surface area contributed by atoms with Gasteiger partial charge in [-0.2, -0.15) is 0 Å². The number of urea groups is 1. The van der Waals surface area contributed by atoms with Crippen LogP contribution in [0.3, 0.4) is 0 Å². The number of carbonyl (C=O) groups is 2. The van der Waals surface area contributed by atoms with E-state index in [-0.39, 0.29) is 6.61 Å². The van der Waals surface area contributed by atoms with Gasteiger partial charge in [0, 0.05) is 5.69 Å². The zero-order valence-corrected chi connectivity index (χ0v) is 13.5. The molecule has 2 aromatic carbocycles. The van der Waals surface area contributed by atoms with Crippen LogP contribution in [0.5, 0.6) is 0 Å². The number of aryl methyl sites for hydroxylation is 2. The van der Waals surface area contributed by atoms with Gasteiger partial charge in [-0.1, -0.05) is 18.2 Å². The summed E-state index contributed by atoms with van der Waals surface area (Å²) in [6, 6.07) is 12.0. The minimum Gasteiger partial charge on any atom is -0.462 e. The molecule has 0 aliphatic heterocycles. The summed E-state index contributed by atoms with van der Waals surface area (Å²) in [6.07, 6.45) is 0. The van der Waals surface area contributed by atoms with Gasteiger partial charge in [0.2, 0.25) is 0 Å². The van der Waals surface area contributed by atoms with Gasteiger partial charge in [-0.05, 0) is 56.2 Å². The maximum absolute atomic E-state index is 12.1. The van der Waals surface area contributed by atoms with E-state index in [0.29, 0.717) is 16.9 Å². The van der Waals surface area contributed by atoms with Gasteiger partial charge in [0.05, 0.1) is 17.9 Å². The Morgan fingerprint density at radius 2 is 1.74 bits per heavy atom. The highest BCUT2D eigenvalue weighted by atomic mass is 16.5.